The number of alkyl halides is 3. The molecule has 3 N–H and O–H groups in total. The van der Waals surface area contributed by atoms with Gasteiger partial charge in [-0.1, -0.05) is 34.6 Å². The Morgan fingerprint density at radius 1 is 1.33 bits per heavy atom. The quantitative estimate of drug-likeness (QED) is 0.463. The van der Waals surface area contributed by atoms with Gasteiger partial charge < -0.3 is 14.6 Å². The second-order valence-electron chi connectivity index (χ2n) is 10.4. The highest BCUT2D eigenvalue weighted by Crippen LogP contribution is 2.39. The third-order valence-corrected chi connectivity index (χ3v) is 10.9. The smallest absolute Gasteiger partial charge is 0.414 e. The lowest BCUT2D eigenvalue weighted by atomic mass is 10.1. The van der Waals surface area contributed by atoms with Crippen LogP contribution in [0.4, 0.5) is 19.1 Å². The molecule has 3 atom stereocenters. The maximum Gasteiger partial charge on any atom is 0.523 e. The molecule has 2 aromatic heterocycles. The van der Waals surface area contributed by atoms with E-state index in [-0.39, 0.29) is 28.8 Å². The van der Waals surface area contributed by atoms with E-state index in [2.05, 4.69) is 25.0 Å². The highest BCUT2D eigenvalue weighted by atomic mass is 28.4. The van der Waals surface area contributed by atoms with E-state index in [1.54, 1.807) is 13.8 Å². The van der Waals surface area contributed by atoms with E-state index in [0.717, 1.165) is 10.9 Å². The Balaban J connectivity index is 1.98. The van der Waals surface area contributed by atoms with E-state index in [9.17, 15) is 22.8 Å². The fourth-order valence-corrected chi connectivity index (χ4v) is 4.19. The molecule has 200 valence electrons. The van der Waals surface area contributed by atoms with Gasteiger partial charge in [0.15, 0.2) is 31.8 Å². The summed E-state index contributed by atoms with van der Waals surface area (Å²) in [5.74, 6) is -1.04. The van der Waals surface area contributed by atoms with Crippen LogP contribution in [0.2, 0.25) is 18.1 Å². The molecule has 0 radical (unpaired) electrons. The second-order valence-corrected chi connectivity index (χ2v) is 15.2. The summed E-state index contributed by atoms with van der Waals surface area (Å²) in [6, 6.07) is 0. The first kappa shape index (κ1) is 28.0. The van der Waals surface area contributed by atoms with Crippen molar-refractivity contribution in [3.63, 3.8) is 0 Å². The summed E-state index contributed by atoms with van der Waals surface area (Å²) in [4.78, 5) is 35.0. The summed E-state index contributed by atoms with van der Waals surface area (Å²) in [5, 5.41) is 10.7. The molecule has 1 saturated heterocycles. The van der Waals surface area contributed by atoms with E-state index in [0.29, 0.717) is 0 Å². The summed E-state index contributed by atoms with van der Waals surface area (Å²) in [6.45, 7) is 13.1. The number of rotatable bonds is 7. The van der Waals surface area contributed by atoms with Crippen LogP contribution in [0, 0.1) is 11.3 Å². The van der Waals surface area contributed by atoms with Gasteiger partial charge in [0.05, 0.1) is 18.6 Å². The maximum absolute atomic E-state index is 13.3. The number of carbonyl (C=O) groups excluding carboxylic acids is 1. The first-order chi connectivity index (χ1) is 16.4. The minimum atomic E-state index is -5.06. The number of aromatic nitrogens is 4. The number of hydrogen-bond acceptors (Lipinski definition) is 8. The number of hydrogen-bond donors (Lipinski definition) is 3. The lowest BCUT2D eigenvalue weighted by molar-refractivity contribution is -0.342. The monoisotopic (exact) mass is 532 g/mol. The summed E-state index contributed by atoms with van der Waals surface area (Å²) >= 11 is 0. The highest BCUT2D eigenvalue weighted by Gasteiger charge is 2.50. The average Bonchev–Trinajstić information content (AvgIpc) is 3.26. The molecule has 3 rings (SSSR count). The molecule has 1 fully saturated rings. The zero-order valence-corrected chi connectivity index (χ0v) is 22.1. The molecular weight excluding hydrogens is 501 g/mol. The van der Waals surface area contributed by atoms with Crippen LogP contribution < -0.4 is 10.9 Å². The van der Waals surface area contributed by atoms with Gasteiger partial charge in [-0.05, 0) is 18.1 Å². The Labute approximate surface area is 206 Å². The Hall–Kier alpha value is -2.62. The van der Waals surface area contributed by atoms with E-state index < -0.39 is 56.2 Å². The molecule has 15 heteroatoms. The number of ether oxygens (including phenoxy) is 2. The molecule has 2 aromatic rings. The Kier molecular flexibility index (Phi) is 7.52. The Bertz CT molecular complexity index is 1200. The molecular formula is C21H31F3N6O5Si. The van der Waals surface area contributed by atoms with Gasteiger partial charge in [0, 0.05) is 5.92 Å². The number of H-pyrrole nitrogens is 1. The zero-order valence-electron chi connectivity index (χ0n) is 21.1. The van der Waals surface area contributed by atoms with Gasteiger partial charge in [-0.25, -0.2) is 4.98 Å². The molecule has 11 nitrogen and oxygen atoms in total. The number of fused-ring (bicyclic) bond motifs is 1. The molecule has 0 spiro atoms. The van der Waals surface area contributed by atoms with Crippen LogP contribution >= 0.6 is 0 Å². The fraction of sp³-hybridized carbons (Fsp3) is 0.667. The van der Waals surface area contributed by atoms with Crippen molar-refractivity contribution in [3.05, 3.63) is 16.7 Å². The standard InChI is InChI=1S/C21H31F3N6O5Si/c1-10(2)16(31)28-19-27-15-13(17(32)29-19)26-9-30(15)18-14(35-21(22,23)24)12(25)11(34-18)8-33-36(6,7)20(3,4)5/h9-11,14,18,25H,8H2,1-7H3,(H2,27,28,29,31,32)/t11-,14-,18-/m1/s1. The largest absolute Gasteiger partial charge is 0.523 e. The SMILES string of the molecule is CC(C)C(=O)Nc1nc2c(ncn2[C@@H]2O[C@H](CO[Si](C)(C)C(C)(C)C)C(=N)[C@H]2OC(F)(F)F)c(=O)[nH]1. The summed E-state index contributed by atoms with van der Waals surface area (Å²) < 4.78 is 57.1. The van der Waals surface area contributed by atoms with E-state index >= 15 is 0 Å². The molecule has 0 aromatic carbocycles. The highest BCUT2D eigenvalue weighted by molar-refractivity contribution is 6.74. The number of nitrogens with one attached hydrogen (secondary N) is 3. The zero-order chi connectivity index (χ0) is 27.2. The number of aromatic amines is 1. The van der Waals surface area contributed by atoms with Crippen LogP contribution in [-0.2, 0) is 18.7 Å². The molecule has 1 aliphatic rings. The van der Waals surface area contributed by atoms with Gasteiger partial charge in [0.2, 0.25) is 11.9 Å². The van der Waals surface area contributed by atoms with Crippen molar-refractivity contribution in [1.82, 2.24) is 19.5 Å². The second kappa shape index (κ2) is 9.68. The van der Waals surface area contributed by atoms with Crippen molar-refractivity contribution >= 4 is 37.0 Å². The van der Waals surface area contributed by atoms with Gasteiger partial charge in [-0.2, -0.15) is 4.98 Å². The average molecular weight is 533 g/mol. The predicted octanol–water partition coefficient (Wildman–Crippen LogP) is 3.56. The number of nitrogens with zero attached hydrogens (tertiary/aromatic N) is 3. The van der Waals surface area contributed by atoms with Crippen LogP contribution in [0.1, 0.15) is 40.8 Å². The number of amides is 1. The van der Waals surface area contributed by atoms with Crippen molar-refractivity contribution in [2.45, 2.75) is 77.5 Å². The normalized spacial score (nSPS) is 21.5. The third kappa shape index (κ3) is 5.85. The Morgan fingerprint density at radius 3 is 2.53 bits per heavy atom. The molecule has 3 heterocycles. The minimum absolute atomic E-state index is 0.139. The topological polar surface area (TPSA) is 144 Å². The number of anilines is 1. The number of imidazole rings is 1. The van der Waals surface area contributed by atoms with Crippen molar-refractivity contribution in [1.29, 1.82) is 5.41 Å². The first-order valence-corrected chi connectivity index (χ1v) is 14.2. The van der Waals surface area contributed by atoms with Gasteiger partial charge in [-0.3, -0.25) is 29.2 Å². The van der Waals surface area contributed by atoms with Gasteiger partial charge in [0.25, 0.3) is 5.56 Å². The first-order valence-electron chi connectivity index (χ1n) is 11.3. The molecule has 36 heavy (non-hydrogen) atoms. The molecule has 1 amide bonds. The lowest BCUT2D eigenvalue weighted by Crippen LogP contribution is -2.44. The van der Waals surface area contributed by atoms with Gasteiger partial charge in [-0.15, -0.1) is 13.2 Å². The maximum atomic E-state index is 13.3. The predicted molar refractivity (Wildman–Crippen MR) is 127 cm³/mol. The van der Waals surface area contributed by atoms with Crippen LogP contribution in [-0.4, -0.2) is 64.6 Å². The van der Waals surface area contributed by atoms with Crippen molar-refractivity contribution in [2.24, 2.45) is 5.92 Å². The molecule has 0 bridgehead atoms. The van der Waals surface area contributed by atoms with Crippen LogP contribution in [0.3, 0.4) is 0 Å². The minimum Gasteiger partial charge on any atom is -0.414 e. The van der Waals surface area contributed by atoms with Crippen LogP contribution in [0.5, 0.6) is 0 Å². The number of carbonyl (C=O) groups is 1. The fourth-order valence-electron chi connectivity index (χ4n) is 3.19. The van der Waals surface area contributed by atoms with E-state index in [4.69, 9.17) is 14.6 Å². The molecule has 0 unspecified atom stereocenters. The summed E-state index contributed by atoms with van der Waals surface area (Å²) in [5.41, 5.74) is -1.50. The van der Waals surface area contributed by atoms with Crippen LogP contribution in [0.15, 0.2) is 11.1 Å². The van der Waals surface area contributed by atoms with Crippen molar-refractivity contribution < 1.29 is 31.9 Å². The van der Waals surface area contributed by atoms with Gasteiger partial charge >= 0.3 is 6.36 Å². The van der Waals surface area contributed by atoms with E-state index in [1.807, 2.05) is 33.9 Å². The van der Waals surface area contributed by atoms with Gasteiger partial charge in [0.1, 0.15) is 6.10 Å². The van der Waals surface area contributed by atoms with Crippen LogP contribution in [0.25, 0.3) is 11.2 Å². The van der Waals surface area contributed by atoms with Crippen molar-refractivity contribution in [3.8, 4) is 0 Å². The Morgan fingerprint density at radius 2 is 1.97 bits per heavy atom. The summed E-state index contributed by atoms with van der Waals surface area (Å²) in [7, 11) is -2.30. The van der Waals surface area contributed by atoms with E-state index in [1.165, 1.54) is 0 Å². The number of halogens is 3. The third-order valence-electron chi connectivity index (χ3n) is 6.35. The van der Waals surface area contributed by atoms with Crippen molar-refractivity contribution in [2.75, 3.05) is 11.9 Å². The molecule has 1 aliphatic heterocycles. The molecule has 0 aliphatic carbocycles. The molecule has 0 saturated carbocycles. The summed E-state index contributed by atoms with van der Waals surface area (Å²) in [6.07, 6.45) is -8.49. The lowest BCUT2D eigenvalue weighted by Gasteiger charge is -2.36.